The maximum absolute atomic E-state index is 11.8. The third-order valence-electron chi connectivity index (χ3n) is 3.62. The van der Waals surface area contributed by atoms with E-state index >= 15 is 0 Å². The van der Waals surface area contributed by atoms with Crippen LogP contribution in [0.15, 0.2) is 23.3 Å². The van der Waals surface area contributed by atoms with Crippen molar-refractivity contribution in [3.8, 4) is 23.3 Å². The predicted octanol–water partition coefficient (Wildman–Crippen LogP) is 1.64. The van der Waals surface area contributed by atoms with E-state index in [1.165, 1.54) is 19.4 Å². The lowest BCUT2D eigenvalue weighted by molar-refractivity contribution is 0.283. The Balaban J connectivity index is 2.23. The summed E-state index contributed by atoms with van der Waals surface area (Å²) in [6, 6.07) is 1.12. The number of aryl methyl sites for hydroxylation is 1. The van der Waals surface area contributed by atoms with Gasteiger partial charge in [0, 0.05) is 31.7 Å². The van der Waals surface area contributed by atoms with Gasteiger partial charge in [0.1, 0.15) is 12.4 Å². The molecule has 144 valence electrons. The molecule has 0 bridgehead atoms. The number of aromatic nitrogens is 3. The summed E-state index contributed by atoms with van der Waals surface area (Å²) in [6.45, 7) is 3.80. The third-order valence-corrected chi connectivity index (χ3v) is 3.62. The summed E-state index contributed by atoms with van der Waals surface area (Å²) in [4.78, 5) is 23.3. The number of nitrogens with zero attached hydrogens (tertiary/aromatic N) is 2. The summed E-state index contributed by atoms with van der Waals surface area (Å²) < 4.78 is 10.9. The van der Waals surface area contributed by atoms with E-state index in [1.54, 1.807) is 13.1 Å². The fraction of sp³-hybridized carbons (Fsp3) is 0.421. The molecule has 3 N–H and O–H groups in total. The second kappa shape index (κ2) is 10.2. The van der Waals surface area contributed by atoms with Crippen LogP contribution in [0.2, 0.25) is 0 Å². The number of ether oxygens (including phenoxy) is 2. The van der Waals surface area contributed by atoms with Gasteiger partial charge in [-0.3, -0.25) is 4.79 Å². The Morgan fingerprint density at radius 2 is 2.26 bits per heavy atom. The lowest BCUT2D eigenvalue weighted by atomic mass is 10.2. The van der Waals surface area contributed by atoms with Gasteiger partial charge in [0.25, 0.3) is 0 Å². The van der Waals surface area contributed by atoms with Crippen molar-refractivity contribution in [1.82, 2.24) is 15.0 Å². The van der Waals surface area contributed by atoms with Crippen LogP contribution >= 0.6 is 0 Å². The van der Waals surface area contributed by atoms with Crippen LogP contribution in [0.3, 0.4) is 0 Å². The summed E-state index contributed by atoms with van der Waals surface area (Å²) >= 11 is 0. The van der Waals surface area contributed by atoms with Gasteiger partial charge in [-0.25, -0.2) is 9.97 Å². The number of rotatable bonds is 8. The lowest BCUT2D eigenvalue weighted by Gasteiger charge is -2.17. The topological polar surface area (TPSA) is 109 Å². The molecule has 2 aromatic heterocycles. The highest BCUT2D eigenvalue weighted by Crippen LogP contribution is 2.24. The smallest absolute Gasteiger partial charge is 0.223 e. The molecule has 0 unspecified atom stereocenters. The molecular formula is C19H24N4O4. The first-order valence-electron chi connectivity index (χ1n) is 8.65. The molecule has 27 heavy (non-hydrogen) atoms. The Hall–Kier alpha value is -3.05. The fourth-order valence-corrected chi connectivity index (χ4v) is 2.36. The number of H-pyrrole nitrogens is 1. The molecule has 8 heteroatoms. The highest BCUT2D eigenvalue weighted by molar-refractivity contribution is 5.51. The average Bonchev–Trinajstić information content (AvgIpc) is 2.65. The van der Waals surface area contributed by atoms with Gasteiger partial charge in [-0.05, 0) is 6.92 Å². The zero-order valence-electron chi connectivity index (χ0n) is 15.7. The highest BCUT2D eigenvalue weighted by Gasteiger charge is 2.14. The predicted molar refractivity (Wildman–Crippen MR) is 102 cm³/mol. The van der Waals surface area contributed by atoms with Crippen LogP contribution in [-0.2, 0) is 6.61 Å². The molecular weight excluding hydrogens is 348 g/mol. The van der Waals surface area contributed by atoms with Crippen LogP contribution < -0.4 is 20.2 Å². The normalized spacial score (nSPS) is 11.3. The summed E-state index contributed by atoms with van der Waals surface area (Å²) in [7, 11) is 1.43. The second-order valence-electron chi connectivity index (χ2n) is 5.66. The van der Waals surface area contributed by atoms with E-state index < -0.39 is 0 Å². The third kappa shape index (κ3) is 5.72. The van der Waals surface area contributed by atoms with E-state index in [0.29, 0.717) is 29.5 Å². The molecule has 2 heterocycles. The van der Waals surface area contributed by atoms with Crippen LogP contribution in [-0.4, -0.2) is 39.8 Å². The molecule has 0 spiro atoms. The largest absolute Gasteiger partial charge is 0.491 e. The first-order valence-corrected chi connectivity index (χ1v) is 8.65. The number of pyridine rings is 1. The highest BCUT2D eigenvalue weighted by atomic mass is 16.5. The standard InChI is InChI=1S/C19H24N4O4/c1-4-5-6-14(8-10-24)23-19-17(11-21-13(2)22-19)27-12-15-18(26-3)16(25)7-9-20-15/h7,9,11,14,24H,4,8,10,12H2,1-3H3,(H,20,25)(H,21,22,23)/t14-/m0/s1. The Bertz CT molecular complexity index is 870. The molecule has 0 saturated carbocycles. The van der Waals surface area contributed by atoms with Crippen LogP contribution in [0, 0.1) is 18.8 Å². The molecule has 2 rings (SSSR count). The Kier molecular flexibility index (Phi) is 7.64. The van der Waals surface area contributed by atoms with Gasteiger partial charge in [0.05, 0.1) is 25.0 Å². The van der Waals surface area contributed by atoms with Gasteiger partial charge < -0.3 is 24.9 Å². The molecule has 0 radical (unpaired) electrons. The van der Waals surface area contributed by atoms with Gasteiger partial charge in [-0.1, -0.05) is 12.8 Å². The minimum absolute atomic E-state index is 0.00122. The number of methoxy groups -OCH3 is 1. The number of anilines is 1. The molecule has 1 atom stereocenters. The van der Waals surface area contributed by atoms with E-state index in [9.17, 15) is 9.90 Å². The average molecular weight is 372 g/mol. The Labute approximate surface area is 158 Å². The van der Waals surface area contributed by atoms with Crippen LogP contribution in [0.5, 0.6) is 11.5 Å². The molecule has 0 aromatic carbocycles. The van der Waals surface area contributed by atoms with Crippen molar-refractivity contribution in [3.63, 3.8) is 0 Å². The molecule has 0 fully saturated rings. The second-order valence-corrected chi connectivity index (χ2v) is 5.66. The van der Waals surface area contributed by atoms with E-state index in [1.807, 2.05) is 6.92 Å². The Morgan fingerprint density at radius 1 is 1.44 bits per heavy atom. The minimum Gasteiger partial charge on any atom is -0.491 e. The summed E-state index contributed by atoms with van der Waals surface area (Å²) in [5, 5.41) is 12.4. The van der Waals surface area contributed by atoms with Crippen molar-refractivity contribution in [2.24, 2.45) is 0 Å². The molecule has 0 aliphatic heterocycles. The summed E-state index contributed by atoms with van der Waals surface area (Å²) in [6.07, 6.45) is 4.26. The zero-order chi connectivity index (χ0) is 19.6. The maximum Gasteiger partial charge on any atom is 0.223 e. The van der Waals surface area contributed by atoms with Crippen molar-refractivity contribution in [2.75, 3.05) is 19.0 Å². The van der Waals surface area contributed by atoms with Gasteiger partial charge in [-0.15, -0.1) is 5.92 Å². The van der Waals surface area contributed by atoms with E-state index in [2.05, 4.69) is 32.1 Å². The molecule has 2 aromatic rings. The van der Waals surface area contributed by atoms with Crippen molar-refractivity contribution < 1.29 is 14.6 Å². The molecule has 0 amide bonds. The Morgan fingerprint density at radius 3 is 2.96 bits per heavy atom. The summed E-state index contributed by atoms with van der Waals surface area (Å²) in [5.74, 6) is 7.72. The van der Waals surface area contributed by atoms with Crippen LogP contribution in [0.25, 0.3) is 0 Å². The first kappa shape index (κ1) is 20.3. The molecule has 0 aliphatic carbocycles. The van der Waals surface area contributed by atoms with Crippen molar-refractivity contribution in [3.05, 3.63) is 40.2 Å². The fourth-order valence-electron chi connectivity index (χ4n) is 2.36. The number of aliphatic hydroxyl groups is 1. The van der Waals surface area contributed by atoms with Crippen molar-refractivity contribution >= 4 is 5.82 Å². The molecule has 8 nitrogen and oxygen atoms in total. The van der Waals surface area contributed by atoms with Gasteiger partial charge in [0.15, 0.2) is 17.3 Å². The van der Waals surface area contributed by atoms with Crippen molar-refractivity contribution in [2.45, 2.75) is 39.3 Å². The zero-order valence-corrected chi connectivity index (χ0v) is 15.7. The number of hydrogen-bond acceptors (Lipinski definition) is 7. The van der Waals surface area contributed by atoms with E-state index in [4.69, 9.17) is 9.47 Å². The van der Waals surface area contributed by atoms with Gasteiger partial charge in [-0.2, -0.15) is 0 Å². The number of nitrogens with one attached hydrogen (secondary N) is 2. The molecule has 0 saturated heterocycles. The van der Waals surface area contributed by atoms with Gasteiger partial charge >= 0.3 is 0 Å². The number of aliphatic hydroxyl groups excluding tert-OH is 1. The quantitative estimate of drug-likeness (QED) is 0.604. The number of hydrogen-bond donors (Lipinski definition) is 3. The van der Waals surface area contributed by atoms with E-state index in [0.717, 1.165) is 6.42 Å². The SMILES string of the molecule is CCC#C[C@@H](CCO)Nc1nc(C)ncc1OCc1[nH]ccc(=O)c1OC. The monoisotopic (exact) mass is 372 g/mol. The van der Waals surface area contributed by atoms with Crippen LogP contribution in [0.1, 0.15) is 31.3 Å². The minimum atomic E-state index is -0.266. The van der Waals surface area contributed by atoms with Crippen molar-refractivity contribution in [1.29, 1.82) is 0 Å². The van der Waals surface area contributed by atoms with E-state index in [-0.39, 0.29) is 30.4 Å². The van der Waals surface area contributed by atoms with Gasteiger partial charge in [0.2, 0.25) is 5.43 Å². The maximum atomic E-state index is 11.8. The molecule has 0 aliphatic rings. The first-order chi connectivity index (χ1) is 13.1. The number of aromatic amines is 1. The lowest BCUT2D eigenvalue weighted by Crippen LogP contribution is -2.21. The summed E-state index contributed by atoms with van der Waals surface area (Å²) in [5.41, 5.74) is 0.278. The van der Waals surface area contributed by atoms with Crippen LogP contribution in [0.4, 0.5) is 5.82 Å².